The van der Waals surface area contributed by atoms with Gasteiger partial charge in [-0.3, -0.25) is 4.79 Å². The number of halogens is 1. The van der Waals surface area contributed by atoms with Crippen molar-refractivity contribution in [2.24, 2.45) is 0 Å². The molecule has 0 bridgehead atoms. The maximum Gasteiger partial charge on any atom is 0.225 e. The predicted molar refractivity (Wildman–Crippen MR) is 84.7 cm³/mol. The SMILES string of the molecule is COc1ccc(S(=O)(=O)CCC(=O)Nc2cccc(F)c2)cc1. The molecule has 23 heavy (non-hydrogen) atoms. The number of benzene rings is 2. The van der Waals surface area contributed by atoms with Crippen LogP contribution in [0.5, 0.6) is 5.75 Å². The van der Waals surface area contributed by atoms with Gasteiger partial charge in [-0.05, 0) is 42.5 Å². The van der Waals surface area contributed by atoms with Crippen molar-refractivity contribution in [3.05, 3.63) is 54.3 Å². The first kappa shape index (κ1) is 17.0. The molecule has 0 saturated heterocycles. The zero-order valence-electron chi connectivity index (χ0n) is 12.5. The molecule has 2 rings (SSSR count). The third-order valence-corrected chi connectivity index (χ3v) is 4.86. The van der Waals surface area contributed by atoms with E-state index in [9.17, 15) is 17.6 Å². The highest BCUT2D eigenvalue weighted by Crippen LogP contribution is 2.17. The Labute approximate surface area is 134 Å². The molecule has 1 N–H and O–H groups in total. The van der Waals surface area contributed by atoms with Gasteiger partial charge in [0.05, 0.1) is 17.8 Å². The number of carbonyl (C=O) groups is 1. The molecule has 0 aliphatic rings. The molecule has 0 aromatic heterocycles. The Bertz CT molecular complexity index is 788. The number of hydrogen-bond acceptors (Lipinski definition) is 4. The van der Waals surface area contributed by atoms with E-state index in [1.54, 1.807) is 12.1 Å². The van der Waals surface area contributed by atoms with Gasteiger partial charge >= 0.3 is 0 Å². The summed E-state index contributed by atoms with van der Waals surface area (Å²) in [6.07, 6.45) is -0.217. The van der Waals surface area contributed by atoms with Gasteiger partial charge < -0.3 is 10.1 Å². The zero-order valence-corrected chi connectivity index (χ0v) is 13.3. The molecule has 0 spiro atoms. The lowest BCUT2D eigenvalue weighted by Crippen LogP contribution is -2.17. The molecule has 0 unspecified atom stereocenters. The van der Waals surface area contributed by atoms with Gasteiger partial charge in [0.15, 0.2) is 9.84 Å². The van der Waals surface area contributed by atoms with Crippen molar-refractivity contribution in [1.29, 1.82) is 0 Å². The number of hydrogen-bond donors (Lipinski definition) is 1. The highest BCUT2D eigenvalue weighted by atomic mass is 32.2. The largest absolute Gasteiger partial charge is 0.497 e. The maximum atomic E-state index is 13.0. The second-order valence-electron chi connectivity index (χ2n) is 4.80. The number of rotatable bonds is 6. The van der Waals surface area contributed by atoms with Gasteiger partial charge in [-0.15, -0.1) is 0 Å². The van der Waals surface area contributed by atoms with E-state index in [2.05, 4.69) is 5.32 Å². The molecular formula is C16H16FNO4S. The molecule has 0 saturated carbocycles. The minimum Gasteiger partial charge on any atom is -0.497 e. The van der Waals surface area contributed by atoms with Crippen LogP contribution in [0.2, 0.25) is 0 Å². The lowest BCUT2D eigenvalue weighted by atomic mass is 10.3. The van der Waals surface area contributed by atoms with Gasteiger partial charge in [0.1, 0.15) is 11.6 Å². The van der Waals surface area contributed by atoms with E-state index < -0.39 is 21.6 Å². The standard InChI is InChI=1S/C16H16FNO4S/c1-22-14-5-7-15(8-6-14)23(20,21)10-9-16(19)18-13-4-2-3-12(17)11-13/h2-8,11H,9-10H2,1H3,(H,18,19). The Balaban J connectivity index is 1.96. The summed E-state index contributed by atoms with van der Waals surface area (Å²) in [6.45, 7) is 0. The molecule has 0 aliphatic carbocycles. The van der Waals surface area contributed by atoms with E-state index in [1.807, 2.05) is 0 Å². The van der Waals surface area contributed by atoms with E-state index in [0.717, 1.165) is 6.07 Å². The van der Waals surface area contributed by atoms with E-state index in [4.69, 9.17) is 4.74 Å². The molecule has 0 aliphatic heterocycles. The normalized spacial score (nSPS) is 11.0. The molecule has 2 aromatic carbocycles. The van der Waals surface area contributed by atoms with E-state index in [0.29, 0.717) is 5.75 Å². The Kier molecular flexibility index (Phi) is 5.33. The molecule has 0 radical (unpaired) electrons. The quantitative estimate of drug-likeness (QED) is 0.879. The monoisotopic (exact) mass is 337 g/mol. The first-order valence-corrected chi connectivity index (χ1v) is 8.48. The van der Waals surface area contributed by atoms with Crippen LogP contribution in [0.25, 0.3) is 0 Å². The molecule has 5 nitrogen and oxygen atoms in total. The molecule has 122 valence electrons. The average Bonchev–Trinajstić information content (AvgIpc) is 2.53. The van der Waals surface area contributed by atoms with Crippen LogP contribution in [-0.2, 0) is 14.6 Å². The van der Waals surface area contributed by atoms with Crippen LogP contribution in [0.1, 0.15) is 6.42 Å². The highest BCUT2D eigenvalue weighted by Gasteiger charge is 2.16. The first-order chi connectivity index (χ1) is 10.9. The summed E-state index contributed by atoms with van der Waals surface area (Å²) >= 11 is 0. The van der Waals surface area contributed by atoms with Crippen LogP contribution in [0.15, 0.2) is 53.4 Å². The van der Waals surface area contributed by atoms with Gasteiger partial charge in [-0.25, -0.2) is 12.8 Å². The summed E-state index contributed by atoms with van der Waals surface area (Å²) in [5, 5.41) is 2.46. The van der Waals surface area contributed by atoms with E-state index in [-0.39, 0.29) is 22.8 Å². The minimum atomic E-state index is -3.57. The molecular weight excluding hydrogens is 321 g/mol. The number of sulfone groups is 1. The number of amides is 1. The fraction of sp³-hybridized carbons (Fsp3) is 0.188. The second kappa shape index (κ2) is 7.23. The summed E-state index contributed by atoms with van der Waals surface area (Å²) in [4.78, 5) is 11.9. The van der Waals surface area contributed by atoms with Crippen molar-refractivity contribution in [1.82, 2.24) is 0 Å². The van der Waals surface area contributed by atoms with Gasteiger partial charge in [0.25, 0.3) is 0 Å². The van der Waals surface area contributed by atoms with Crippen molar-refractivity contribution < 1.29 is 22.3 Å². The Morgan fingerprint density at radius 2 is 1.87 bits per heavy atom. The lowest BCUT2D eigenvalue weighted by Gasteiger charge is -2.07. The van der Waals surface area contributed by atoms with Gasteiger partial charge in [0.2, 0.25) is 5.91 Å². The number of anilines is 1. The van der Waals surface area contributed by atoms with Gasteiger partial charge in [0, 0.05) is 12.1 Å². The highest BCUT2D eigenvalue weighted by molar-refractivity contribution is 7.91. The van der Waals surface area contributed by atoms with Crippen LogP contribution < -0.4 is 10.1 Å². The fourth-order valence-electron chi connectivity index (χ4n) is 1.92. The smallest absolute Gasteiger partial charge is 0.225 e. The van der Waals surface area contributed by atoms with Crippen LogP contribution >= 0.6 is 0 Å². The topological polar surface area (TPSA) is 72.5 Å². The second-order valence-corrected chi connectivity index (χ2v) is 6.91. The minimum absolute atomic E-state index is 0.122. The van der Waals surface area contributed by atoms with Gasteiger partial charge in [-0.2, -0.15) is 0 Å². The summed E-state index contributed by atoms with van der Waals surface area (Å²) < 4.78 is 42.3. The maximum absolute atomic E-state index is 13.0. The Hall–Kier alpha value is -2.41. The first-order valence-electron chi connectivity index (χ1n) is 6.83. The average molecular weight is 337 g/mol. The van der Waals surface area contributed by atoms with Crippen molar-refractivity contribution in [2.45, 2.75) is 11.3 Å². The molecule has 7 heteroatoms. The third kappa shape index (κ3) is 4.79. The fourth-order valence-corrected chi connectivity index (χ4v) is 3.16. The predicted octanol–water partition coefficient (Wildman–Crippen LogP) is 2.64. The number of nitrogens with one attached hydrogen (secondary N) is 1. The Morgan fingerprint density at radius 3 is 2.48 bits per heavy atom. The number of carbonyl (C=O) groups excluding carboxylic acids is 1. The summed E-state index contributed by atoms with van der Waals surface area (Å²) in [5.74, 6) is -0.755. The molecule has 2 aromatic rings. The van der Waals surface area contributed by atoms with Crippen LogP contribution in [0, 0.1) is 5.82 Å². The van der Waals surface area contributed by atoms with Gasteiger partial charge in [-0.1, -0.05) is 6.07 Å². The van der Waals surface area contributed by atoms with Crippen LogP contribution in [-0.4, -0.2) is 27.2 Å². The summed E-state index contributed by atoms with van der Waals surface area (Å²) in [6, 6.07) is 11.3. The number of ether oxygens (including phenoxy) is 1. The third-order valence-electron chi connectivity index (χ3n) is 3.12. The van der Waals surface area contributed by atoms with Crippen molar-refractivity contribution in [3.8, 4) is 5.75 Å². The van der Waals surface area contributed by atoms with E-state index in [1.165, 1.54) is 37.4 Å². The van der Waals surface area contributed by atoms with Crippen molar-refractivity contribution in [3.63, 3.8) is 0 Å². The zero-order chi connectivity index (χ0) is 16.9. The van der Waals surface area contributed by atoms with Crippen molar-refractivity contribution in [2.75, 3.05) is 18.2 Å². The molecule has 0 heterocycles. The number of methoxy groups -OCH3 is 1. The lowest BCUT2D eigenvalue weighted by molar-refractivity contribution is -0.115. The molecule has 0 fully saturated rings. The van der Waals surface area contributed by atoms with Crippen molar-refractivity contribution >= 4 is 21.4 Å². The summed E-state index contributed by atoms with van der Waals surface area (Å²) in [5.41, 5.74) is 0.289. The Morgan fingerprint density at radius 1 is 1.17 bits per heavy atom. The summed E-state index contributed by atoms with van der Waals surface area (Å²) in [7, 11) is -2.08. The molecule has 1 amide bonds. The van der Waals surface area contributed by atoms with Crippen LogP contribution in [0.3, 0.4) is 0 Å². The van der Waals surface area contributed by atoms with Crippen LogP contribution in [0.4, 0.5) is 10.1 Å². The van der Waals surface area contributed by atoms with E-state index >= 15 is 0 Å². The molecule has 0 atom stereocenters.